The lowest BCUT2D eigenvalue weighted by atomic mass is 9.93. The van der Waals surface area contributed by atoms with Gasteiger partial charge in [0.15, 0.2) is 0 Å². The fourth-order valence-corrected chi connectivity index (χ4v) is 3.72. The minimum atomic E-state index is 0.514. The van der Waals surface area contributed by atoms with E-state index in [1.807, 2.05) is 0 Å². The van der Waals surface area contributed by atoms with Gasteiger partial charge in [0, 0.05) is 36.9 Å². The molecule has 0 aromatic carbocycles. The van der Waals surface area contributed by atoms with Gasteiger partial charge >= 0.3 is 0 Å². The minimum Gasteiger partial charge on any atom is -0.308 e. The molecule has 1 aliphatic heterocycles. The van der Waals surface area contributed by atoms with Crippen molar-refractivity contribution < 1.29 is 0 Å². The van der Waals surface area contributed by atoms with Gasteiger partial charge in [-0.05, 0) is 52.1 Å². The van der Waals surface area contributed by atoms with Gasteiger partial charge < -0.3 is 5.32 Å². The molecule has 2 heterocycles. The Morgan fingerprint density at radius 2 is 2.10 bits per heavy atom. The number of hydrogen-bond acceptors (Lipinski definition) is 3. The van der Waals surface area contributed by atoms with E-state index in [2.05, 4.69) is 40.2 Å². The lowest BCUT2D eigenvalue weighted by Crippen LogP contribution is -2.44. The van der Waals surface area contributed by atoms with E-state index < -0.39 is 0 Å². The van der Waals surface area contributed by atoms with Crippen LogP contribution in [0.2, 0.25) is 0 Å². The van der Waals surface area contributed by atoms with Crippen LogP contribution in [-0.4, -0.2) is 40.4 Å². The Kier molecular flexibility index (Phi) is 4.41. The summed E-state index contributed by atoms with van der Waals surface area (Å²) in [6, 6.07) is 1.16. The molecule has 1 saturated heterocycles. The minimum absolute atomic E-state index is 0.514. The predicted octanol–water partition coefficient (Wildman–Crippen LogP) is 2.26. The summed E-state index contributed by atoms with van der Waals surface area (Å²) in [7, 11) is 2.07. The lowest BCUT2D eigenvalue weighted by Gasteiger charge is -2.34. The van der Waals surface area contributed by atoms with Crippen molar-refractivity contribution in [2.24, 2.45) is 7.05 Å². The molecule has 1 N–H and O–H groups in total. The standard InChI is InChI=1S/C16H28N4/c1-13(20-9-4-3-5-10-20)11-17-15-7-6-8-16-14(15)12-18-19(16)2/h12-13,15,17H,3-11H2,1-2H3. The van der Waals surface area contributed by atoms with Crippen LogP contribution < -0.4 is 5.32 Å². The molecule has 1 aromatic heterocycles. The number of rotatable bonds is 4. The molecule has 1 aromatic rings. The zero-order valence-electron chi connectivity index (χ0n) is 12.9. The monoisotopic (exact) mass is 276 g/mol. The van der Waals surface area contributed by atoms with Gasteiger partial charge in [-0.25, -0.2) is 0 Å². The molecule has 3 rings (SSSR count). The van der Waals surface area contributed by atoms with E-state index in [4.69, 9.17) is 0 Å². The Morgan fingerprint density at radius 3 is 2.90 bits per heavy atom. The first-order valence-electron chi connectivity index (χ1n) is 8.24. The molecule has 4 heteroatoms. The highest BCUT2D eigenvalue weighted by molar-refractivity contribution is 5.24. The second kappa shape index (κ2) is 6.27. The lowest BCUT2D eigenvalue weighted by molar-refractivity contribution is 0.167. The van der Waals surface area contributed by atoms with Crippen molar-refractivity contribution in [1.29, 1.82) is 0 Å². The van der Waals surface area contributed by atoms with Gasteiger partial charge in [0.25, 0.3) is 0 Å². The van der Waals surface area contributed by atoms with Crippen LogP contribution in [0.25, 0.3) is 0 Å². The smallest absolute Gasteiger partial charge is 0.0540 e. The molecule has 20 heavy (non-hydrogen) atoms. The SMILES string of the molecule is CC(CNC1CCCc2c1cnn2C)N1CCCCC1. The van der Waals surface area contributed by atoms with Crippen LogP contribution in [0.15, 0.2) is 6.20 Å². The molecule has 0 bridgehead atoms. The molecule has 0 radical (unpaired) electrons. The number of likely N-dealkylation sites (tertiary alicyclic amines) is 1. The highest BCUT2D eigenvalue weighted by Crippen LogP contribution is 2.29. The molecular weight excluding hydrogens is 248 g/mol. The maximum absolute atomic E-state index is 4.43. The van der Waals surface area contributed by atoms with E-state index in [1.165, 1.54) is 62.9 Å². The summed E-state index contributed by atoms with van der Waals surface area (Å²) in [4.78, 5) is 2.64. The Bertz CT molecular complexity index is 434. The molecule has 2 aliphatic rings. The summed E-state index contributed by atoms with van der Waals surface area (Å²) in [5.41, 5.74) is 2.86. The van der Waals surface area contributed by atoms with Gasteiger partial charge in [-0.2, -0.15) is 5.10 Å². The quantitative estimate of drug-likeness (QED) is 0.916. The first-order valence-corrected chi connectivity index (χ1v) is 8.24. The number of fused-ring (bicyclic) bond motifs is 1. The van der Waals surface area contributed by atoms with Crippen LogP contribution in [0.4, 0.5) is 0 Å². The van der Waals surface area contributed by atoms with Crippen LogP contribution in [0.1, 0.15) is 56.3 Å². The first kappa shape index (κ1) is 14.1. The second-order valence-electron chi connectivity index (χ2n) is 6.47. The van der Waals surface area contributed by atoms with E-state index in [-0.39, 0.29) is 0 Å². The third kappa shape index (κ3) is 2.91. The van der Waals surface area contributed by atoms with Crippen molar-refractivity contribution in [2.45, 2.75) is 57.5 Å². The Hall–Kier alpha value is -0.870. The van der Waals surface area contributed by atoms with Crippen LogP contribution >= 0.6 is 0 Å². The van der Waals surface area contributed by atoms with E-state index >= 15 is 0 Å². The number of nitrogens with one attached hydrogen (secondary N) is 1. The fourth-order valence-electron chi connectivity index (χ4n) is 3.72. The second-order valence-corrected chi connectivity index (χ2v) is 6.47. The first-order chi connectivity index (χ1) is 9.75. The maximum Gasteiger partial charge on any atom is 0.0540 e. The zero-order valence-corrected chi connectivity index (χ0v) is 12.9. The highest BCUT2D eigenvalue weighted by Gasteiger charge is 2.24. The number of piperidine rings is 1. The fraction of sp³-hybridized carbons (Fsp3) is 0.812. The predicted molar refractivity (Wildman–Crippen MR) is 81.8 cm³/mol. The summed E-state index contributed by atoms with van der Waals surface area (Å²) >= 11 is 0. The van der Waals surface area contributed by atoms with Crippen LogP contribution in [0, 0.1) is 0 Å². The number of aryl methyl sites for hydroxylation is 1. The Morgan fingerprint density at radius 1 is 1.30 bits per heavy atom. The molecule has 0 amide bonds. The van der Waals surface area contributed by atoms with Crippen molar-refractivity contribution in [3.8, 4) is 0 Å². The van der Waals surface area contributed by atoms with E-state index in [1.54, 1.807) is 0 Å². The largest absolute Gasteiger partial charge is 0.308 e. The summed E-state index contributed by atoms with van der Waals surface area (Å²) in [5.74, 6) is 0. The van der Waals surface area contributed by atoms with Crippen molar-refractivity contribution in [3.63, 3.8) is 0 Å². The molecule has 2 atom stereocenters. The number of hydrogen-bond donors (Lipinski definition) is 1. The van der Waals surface area contributed by atoms with Gasteiger partial charge in [-0.3, -0.25) is 9.58 Å². The molecule has 1 aliphatic carbocycles. The van der Waals surface area contributed by atoms with Gasteiger partial charge in [0.2, 0.25) is 0 Å². The molecule has 0 saturated carbocycles. The van der Waals surface area contributed by atoms with Crippen LogP contribution in [0.3, 0.4) is 0 Å². The summed E-state index contributed by atoms with van der Waals surface area (Å²) in [5, 5.41) is 8.22. The maximum atomic E-state index is 4.43. The molecule has 2 unspecified atom stereocenters. The number of aromatic nitrogens is 2. The van der Waals surface area contributed by atoms with E-state index in [9.17, 15) is 0 Å². The van der Waals surface area contributed by atoms with Crippen LogP contribution in [0.5, 0.6) is 0 Å². The third-order valence-electron chi connectivity index (χ3n) is 5.05. The van der Waals surface area contributed by atoms with Crippen LogP contribution in [-0.2, 0) is 13.5 Å². The highest BCUT2D eigenvalue weighted by atomic mass is 15.3. The normalized spacial score (nSPS) is 25.4. The summed E-state index contributed by atoms with van der Waals surface area (Å²) in [6.45, 7) is 6.03. The van der Waals surface area contributed by atoms with Gasteiger partial charge in [-0.1, -0.05) is 6.42 Å². The summed E-state index contributed by atoms with van der Waals surface area (Å²) < 4.78 is 2.05. The van der Waals surface area contributed by atoms with Crippen molar-refractivity contribution >= 4 is 0 Å². The van der Waals surface area contributed by atoms with Gasteiger partial charge in [0.05, 0.1) is 6.20 Å². The molecule has 0 spiro atoms. The summed E-state index contributed by atoms with van der Waals surface area (Å²) in [6.07, 6.45) is 9.95. The molecule has 112 valence electrons. The number of nitrogens with zero attached hydrogens (tertiary/aromatic N) is 3. The van der Waals surface area contributed by atoms with Crippen molar-refractivity contribution in [2.75, 3.05) is 19.6 Å². The average Bonchev–Trinajstić information content (AvgIpc) is 2.88. The van der Waals surface area contributed by atoms with E-state index in [0.29, 0.717) is 12.1 Å². The Labute approximate surface area is 122 Å². The van der Waals surface area contributed by atoms with Crippen molar-refractivity contribution in [3.05, 3.63) is 17.5 Å². The van der Waals surface area contributed by atoms with Gasteiger partial charge in [-0.15, -0.1) is 0 Å². The van der Waals surface area contributed by atoms with E-state index in [0.717, 1.165) is 6.54 Å². The molecular formula is C16H28N4. The molecule has 1 fully saturated rings. The third-order valence-corrected chi connectivity index (χ3v) is 5.05. The average molecular weight is 276 g/mol. The topological polar surface area (TPSA) is 33.1 Å². The Balaban J connectivity index is 1.56. The molecule has 4 nitrogen and oxygen atoms in total. The van der Waals surface area contributed by atoms with Crippen molar-refractivity contribution in [1.82, 2.24) is 20.0 Å². The van der Waals surface area contributed by atoms with Gasteiger partial charge in [0.1, 0.15) is 0 Å². The zero-order chi connectivity index (χ0) is 13.9.